The van der Waals surface area contributed by atoms with Gasteiger partial charge in [-0.25, -0.2) is 4.79 Å². The van der Waals surface area contributed by atoms with Crippen LogP contribution in [0, 0.1) is 0 Å². The lowest BCUT2D eigenvalue weighted by Crippen LogP contribution is -2.34. The second kappa shape index (κ2) is 2.87. The molecule has 0 radical (unpaired) electrons. The lowest BCUT2D eigenvalue weighted by atomic mass is 9.94. The van der Waals surface area contributed by atoms with Crippen LogP contribution in [0.15, 0.2) is 11.3 Å². The Morgan fingerprint density at radius 2 is 2.15 bits per heavy atom. The maximum atomic E-state index is 11.5. The van der Waals surface area contributed by atoms with E-state index in [1.807, 2.05) is 0 Å². The van der Waals surface area contributed by atoms with Crippen LogP contribution in [0.25, 0.3) is 0 Å². The minimum absolute atomic E-state index is 0.210. The zero-order valence-electron chi connectivity index (χ0n) is 7.88. The van der Waals surface area contributed by atoms with Gasteiger partial charge in [-0.2, -0.15) is 0 Å². The van der Waals surface area contributed by atoms with E-state index in [1.54, 1.807) is 13.8 Å². The van der Waals surface area contributed by atoms with Crippen molar-refractivity contribution in [3.05, 3.63) is 11.3 Å². The highest BCUT2D eigenvalue weighted by molar-refractivity contribution is 6.21. The molecule has 4 nitrogen and oxygen atoms in total. The van der Waals surface area contributed by atoms with Crippen molar-refractivity contribution >= 4 is 11.8 Å². The first-order chi connectivity index (χ1) is 5.92. The lowest BCUT2D eigenvalue weighted by Gasteiger charge is -2.20. The third kappa shape index (κ3) is 1.32. The van der Waals surface area contributed by atoms with Crippen LogP contribution in [0.5, 0.6) is 0 Å². The molecule has 1 aliphatic heterocycles. The molecule has 0 aromatic rings. The second-order valence-corrected chi connectivity index (χ2v) is 3.25. The molecule has 0 bridgehead atoms. The Morgan fingerprint density at radius 3 is 2.38 bits per heavy atom. The predicted octanol–water partition coefficient (Wildman–Crippen LogP) is 1.11. The third-order valence-corrected chi connectivity index (χ3v) is 2.33. The summed E-state index contributed by atoms with van der Waals surface area (Å²) in [6.07, 6.45) is 0.472. The molecule has 1 rings (SSSR count). The quantitative estimate of drug-likeness (QED) is 0.653. The van der Waals surface area contributed by atoms with E-state index in [2.05, 4.69) is 0 Å². The smallest absolute Gasteiger partial charge is 0.342 e. The van der Waals surface area contributed by atoms with Crippen molar-refractivity contribution in [1.29, 1.82) is 0 Å². The molecule has 0 saturated heterocycles. The third-order valence-electron chi connectivity index (χ3n) is 2.33. The van der Waals surface area contributed by atoms with E-state index in [4.69, 9.17) is 9.84 Å². The number of hydrogen-bond acceptors (Lipinski definition) is 3. The van der Waals surface area contributed by atoms with Gasteiger partial charge in [-0.15, -0.1) is 0 Å². The van der Waals surface area contributed by atoms with Crippen molar-refractivity contribution in [2.75, 3.05) is 0 Å². The summed E-state index contributed by atoms with van der Waals surface area (Å²) in [4.78, 5) is 22.2. The molecule has 0 aromatic carbocycles. The highest BCUT2D eigenvalue weighted by Crippen LogP contribution is 2.32. The van der Waals surface area contributed by atoms with Gasteiger partial charge in [-0.1, -0.05) is 6.92 Å². The summed E-state index contributed by atoms with van der Waals surface area (Å²) in [6, 6.07) is 0. The van der Waals surface area contributed by atoms with Gasteiger partial charge in [0.25, 0.3) is 0 Å². The van der Waals surface area contributed by atoms with Crippen LogP contribution in [0.3, 0.4) is 0 Å². The first-order valence-corrected chi connectivity index (χ1v) is 4.10. The standard InChI is InChI=1S/C9H12O4/c1-4-9(3)7(10)6(8(11)12)5(2)13-9/h4H2,1-3H3,(H,11,12). The number of rotatable bonds is 2. The Hall–Kier alpha value is -1.32. The maximum absolute atomic E-state index is 11.5. The summed E-state index contributed by atoms with van der Waals surface area (Å²) in [7, 11) is 0. The summed E-state index contributed by atoms with van der Waals surface area (Å²) in [5.41, 5.74) is -1.19. The number of carbonyl (C=O) groups excluding carboxylic acids is 1. The number of hydrogen-bond donors (Lipinski definition) is 1. The summed E-state index contributed by atoms with van der Waals surface area (Å²) in [5, 5.41) is 8.72. The molecule has 13 heavy (non-hydrogen) atoms. The van der Waals surface area contributed by atoms with Crippen LogP contribution >= 0.6 is 0 Å². The number of Topliss-reactive ketones (excluding diaryl/α,β-unsaturated/α-hetero) is 1. The molecule has 0 aliphatic carbocycles. The van der Waals surface area contributed by atoms with Gasteiger partial charge < -0.3 is 9.84 Å². The fourth-order valence-corrected chi connectivity index (χ4v) is 1.34. The fourth-order valence-electron chi connectivity index (χ4n) is 1.34. The van der Waals surface area contributed by atoms with E-state index in [9.17, 15) is 9.59 Å². The molecule has 72 valence electrons. The molecule has 0 aromatic heterocycles. The molecular formula is C9H12O4. The average Bonchev–Trinajstić information content (AvgIpc) is 2.24. The Morgan fingerprint density at radius 1 is 1.62 bits per heavy atom. The molecule has 1 N–H and O–H groups in total. The Labute approximate surface area is 76.2 Å². The van der Waals surface area contributed by atoms with Gasteiger partial charge in [0.2, 0.25) is 5.78 Å². The largest absolute Gasteiger partial charge is 0.483 e. The van der Waals surface area contributed by atoms with Gasteiger partial charge >= 0.3 is 5.97 Å². The molecule has 4 heteroatoms. The summed E-state index contributed by atoms with van der Waals surface area (Å²) in [6.45, 7) is 4.90. The highest BCUT2D eigenvalue weighted by Gasteiger charge is 2.45. The van der Waals surface area contributed by atoms with Crippen LogP contribution in [0.4, 0.5) is 0 Å². The van der Waals surface area contributed by atoms with Crippen LogP contribution in [0.1, 0.15) is 27.2 Å². The number of ketones is 1. The van der Waals surface area contributed by atoms with Crippen molar-refractivity contribution in [2.24, 2.45) is 0 Å². The van der Waals surface area contributed by atoms with Crippen LogP contribution in [-0.4, -0.2) is 22.5 Å². The molecule has 1 aliphatic rings. The Kier molecular flexibility index (Phi) is 2.15. The number of carboxylic acids is 1. The fraction of sp³-hybridized carbons (Fsp3) is 0.556. The zero-order chi connectivity index (χ0) is 10.2. The van der Waals surface area contributed by atoms with E-state index >= 15 is 0 Å². The Balaban J connectivity index is 3.08. The second-order valence-electron chi connectivity index (χ2n) is 3.25. The molecule has 1 atom stereocenters. The van der Waals surface area contributed by atoms with Gasteiger partial charge in [-0.3, -0.25) is 4.79 Å². The minimum atomic E-state index is -1.21. The van der Waals surface area contributed by atoms with Gasteiger partial charge in [-0.05, 0) is 20.3 Å². The van der Waals surface area contributed by atoms with Crippen molar-refractivity contribution in [1.82, 2.24) is 0 Å². The van der Waals surface area contributed by atoms with Crippen LogP contribution in [-0.2, 0) is 14.3 Å². The topological polar surface area (TPSA) is 63.6 Å². The van der Waals surface area contributed by atoms with E-state index in [-0.39, 0.29) is 11.3 Å². The summed E-state index contributed by atoms with van der Waals surface area (Å²) in [5.74, 6) is -1.43. The highest BCUT2D eigenvalue weighted by atomic mass is 16.5. The number of ether oxygens (including phenoxy) is 1. The molecular weight excluding hydrogens is 172 g/mol. The molecule has 0 spiro atoms. The predicted molar refractivity (Wildman–Crippen MR) is 45.1 cm³/mol. The Bertz CT molecular complexity index is 303. The molecule has 0 amide bonds. The SMILES string of the molecule is CCC1(C)OC(C)=C(C(=O)O)C1=O. The van der Waals surface area contributed by atoms with E-state index < -0.39 is 17.4 Å². The van der Waals surface area contributed by atoms with Crippen molar-refractivity contribution in [3.8, 4) is 0 Å². The normalized spacial score (nSPS) is 27.8. The average molecular weight is 184 g/mol. The van der Waals surface area contributed by atoms with Crippen molar-refractivity contribution in [3.63, 3.8) is 0 Å². The number of aliphatic carboxylic acids is 1. The first kappa shape index (κ1) is 9.77. The minimum Gasteiger partial charge on any atom is -0.483 e. The van der Waals surface area contributed by atoms with Gasteiger partial charge in [0.1, 0.15) is 11.3 Å². The molecule has 0 fully saturated rings. The van der Waals surface area contributed by atoms with Crippen molar-refractivity contribution in [2.45, 2.75) is 32.8 Å². The first-order valence-electron chi connectivity index (χ1n) is 4.10. The van der Waals surface area contributed by atoms with Gasteiger partial charge in [0.15, 0.2) is 5.60 Å². The van der Waals surface area contributed by atoms with Gasteiger partial charge in [0, 0.05) is 0 Å². The molecule has 1 heterocycles. The number of carbonyl (C=O) groups is 2. The monoisotopic (exact) mass is 184 g/mol. The number of allylic oxidation sites excluding steroid dienone is 1. The maximum Gasteiger partial charge on any atom is 0.342 e. The van der Waals surface area contributed by atoms with E-state index in [1.165, 1.54) is 6.92 Å². The van der Waals surface area contributed by atoms with Crippen LogP contribution in [0.2, 0.25) is 0 Å². The van der Waals surface area contributed by atoms with Crippen LogP contribution < -0.4 is 0 Å². The van der Waals surface area contributed by atoms with E-state index in [0.29, 0.717) is 6.42 Å². The summed E-state index contributed by atoms with van der Waals surface area (Å²) < 4.78 is 5.23. The molecule has 0 saturated carbocycles. The van der Waals surface area contributed by atoms with Crippen molar-refractivity contribution < 1.29 is 19.4 Å². The number of carboxylic acid groups (broad SMARTS) is 1. The van der Waals surface area contributed by atoms with E-state index in [0.717, 1.165) is 0 Å². The lowest BCUT2D eigenvalue weighted by molar-refractivity contribution is -0.136. The zero-order valence-corrected chi connectivity index (χ0v) is 7.88. The summed E-state index contributed by atoms with van der Waals surface area (Å²) >= 11 is 0. The van der Waals surface area contributed by atoms with Gasteiger partial charge in [0.05, 0.1) is 0 Å². The molecule has 1 unspecified atom stereocenters.